The van der Waals surface area contributed by atoms with Gasteiger partial charge in [0.05, 0.1) is 0 Å². The van der Waals surface area contributed by atoms with E-state index >= 15 is 0 Å². The lowest BCUT2D eigenvalue weighted by Gasteiger charge is -2.25. The molecule has 1 aliphatic carbocycles. The average Bonchev–Trinajstić information content (AvgIpc) is 2.63. The van der Waals surface area contributed by atoms with Gasteiger partial charge in [0, 0.05) is 23.8 Å². The van der Waals surface area contributed by atoms with Gasteiger partial charge in [0.2, 0.25) is 0 Å². The van der Waals surface area contributed by atoms with Gasteiger partial charge in [0.1, 0.15) is 5.69 Å². The summed E-state index contributed by atoms with van der Waals surface area (Å²) in [5, 5.41) is 3.03. The van der Waals surface area contributed by atoms with Crippen molar-refractivity contribution in [3.8, 4) is 0 Å². The van der Waals surface area contributed by atoms with E-state index in [9.17, 15) is 4.79 Å². The lowest BCUT2D eigenvalue weighted by atomic mass is 9.83. The van der Waals surface area contributed by atoms with Gasteiger partial charge in [-0.15, -0.1) is 0 Å². The zero-order valence-corrected chi connectivity index (χ0v) is 12.5. The highest BCUT2D eigenvalue weighted by atomic mass is 79.9. The third-order valence-corrected chi connectivity index (χ3v) is 4.06. The number of amides is 1. The molecule has 3 nitrogen and oxygen atoms in total. The highest BCUT2D eigenvalue weighted by molar-refractivity contribution is 9.10. The quantitative estimate of drug-likeness (QED) is 0.856. The first-order valence-corrected chi connectivity index (χ1v) is 7.64. The van der Waals surface area contributed by atoms with E-state index in [0.717, 1.165) is 42.0 Å². The lowest BCUT2D eigenvalue weighted by molar-refractivity contribution is 0.0939. The third-order valence-electron chi connectivity index (χ3n) is 3.62. The summed E-state index contributed by atoms with van der Waals surface area (Å²) >= 11 is 3.43. The molecule has 1 aromatic rings. The molecule has 4 heteroatoms. The maximum Gasteiger partial charge on any atom is 0.267 e. The second-order valence-electron chi connectivity index (χ2n) is 5.08. The molecule has 2 rings (SSSR count). The van der Waals surface area contributed by atoms with E-state index in [1.54, 1.807) is 0 Å². The zero-order valence-electron chi connectivity index (χ0n) is 10.9. The molecule has 0 bridgehead atoms. The van der Waals surface area contributed by atoms with E-state index in [2.05, 4.69) is 28.2 Å². The van der Waals surface area contributed by atoms with E-state index in [1.165, 1.54) is 19.3 Å². The molecule has 0 spiro atoms. The molecular formula is C14H21BrN2O. The second kappa shape index (κ2) is 6.41. The van der Waals surface area contributed by atoms with Crippen LogP contribution in [0.4, 0.5) is 0 Å². The fourth-order valence-corrected chi connectivity index (χ4v) is 2.82. The van der Waals surface area contributed by atoms with E-state index in [1.807, 2.05) is 16.8 Å². The Morgan fingerprint density at radius 2 is 2.33 bits per heavy atom. The molecule has 1 amide bonds. The van der Waals surface area contributed by atoms with E-state index < -0.39 is 0 Å². The summed E-state index contributed by atoms with van der Waals surface area (Å²) < 4.78 is 2.99. The van der Waals surface area contributed by atoms with Gasteiger partial charge in [-0.3, -0.25) is 4.79 Å². The van der Waals surface area contributed by atoms with Crippen LogP contribution in [-0.2, 0) is 6.54 Å². The molecular weight excluding hydrogens is 292 g/mol. The highest BCUT2D eigenvalue weighted by Crippen LogP contribution is 2.28. The predicted molar refractivity (Wildman–Crippen MR) is 76.7 cm³/mol. The standard InChI is InChI=1S/C14H21BrN2O/c1-2-8-17-10-12(15)9-13(17)14(18)16-7-6-11-4-3-5-11/h9-11H,2-8H2,1H3,(H,16,18). The van der Waals surface area contributed by atoms with E-state index in [0.29, 0.717) is 0 Å². The molecule has 1 aliphatic rings. The van der Waals surface area contributed by atoms with Crippen LogP contribution in [0.1, 0.15) is 49.5 Å². The molecule has 0 radical (unpaired) electrons. The number of hydrogen-bond donors (Lipinski definition) is 1. The van der Waals surface area contributed by atoms with Crippen molar-refractivity contribution in [3.05, 3.63) is 22.4 Å². The largest absolute Gasteiger partial charge is 0.351 e. The molecule has 0 saturated heterocycles. The first-order chi connectivity index (χ1) is 8.70. The fraction of sp³-hybridized carbons (Fsp3) is 0.643. The van der Waals surface area contributed by atoms with Crippen LogP contribution in [0.25, 0.3) is 0 Å². The topological polar surface area (TPSA) is 34.0 Å². The van der Waals surface area contributed by atoms with Gasteiger partial charge in [-0.2, -0.15) is 0 Å². The van der Waals surface area contributed by atoms with Gasteiger partial charge in [-0.05, 0) is 40.8 Å². The molecule has 100 valence electrons. The fourth-order valence-electron chi connectivity index (χ4n) is 2.35. The highest BCUT2D eigenvalue weighted by Gasteiger charge is 2.18. The van der Waals surface area contributed by atoms with Crippen LogP contribution >= 0.6 is 15.9 Å². The molecule has 0 atom stereocenters. The SMILES string of the molecule is CCCn1cc(Br)cc1C(=O)NCCC1CCC1. The van der Waals surface area contributed by atoms with Crippen LogP contribution in [0.2, 0.25) is 0 Å². The minimum atomic E-state index is 0.0495. The minimum Gasteiger partial charge on any atom is -0.351 e. The number of hydrogen-bond acceptors (Lipinski definition) is 1. The first kappa shape index (κ1) is 13.7. The molecule has 1 heterocycles. The van der Waals surface area contributed by atoms with Crippen molar-refractivity contribution >= 4 is 21.8 Å². The molecule has 1 N–H and O–H groups in total. The lowest BCUT2D eigenvalue weighted by Crippen LogP contribution is -2.29. The summed E-state index contributed by atoms with van der Waals surface area (Å²) in [4.78, 5) is 12.1. The summed E-state index contributed by atoms with van der Waals surface area (Å²) in [6, 6.07) is 1.90. The van der Waals surface area contributed by atoms with Gasteiger partial charge < -0.3 is 9.88 Å². The van der Waals surface area contributed by atoms with Crippen molar-refractivity contribution in [2.45, 2.75) is 45.6 Å². The van der Waals surface area contributed by atoms with Crippen molar-refractivity contribution in [2.75, 3.05) is 6.54 Å². The first-order valence-electron chi connectivity index (χ1n) is 6.84. The number of rotatable bonds is 6. The van der Waals surface area contributed by atoms with Crippen LogP contribution in [-0.4, -0.2) is 17.0 Å². The summed E-state index contributed by atoms with van der Waals surface area (Å²) in [6.45, 7) is 3.81. The number of nitrogens with one attached hydrogen (secondary N) is 1. The molecule has 1 fully saturated rings. The molecule has 0 unspecified atom stereocenters. The normalized spacial score (nSPS) is 15.4. The van der Waals surface area contributed by atoms with Crippen molar-refractivity contribution in [1.82, 2.24) is 9.88 Å². The van der Waals surface area contributed by atoms with Crippen molar-refractivity contribution in [3.63, 3.8) is 0 Å². The number of halogens is 1. The summed E-state index contributed by atoms with van der Waals surface area (Å²) in [6.07, 6.45) is 8.18. The average molecular weight is 313 g/mol. The number of aromatic nitrogens is 1. The van der Waals surface area contributed by atoms with Gasteiger partial charge >= 0.3 is 0 Å². The number of aryl methyl sites for hydroxylation is 1. The van der Waals surface area contributed by atoms with Crippen LogP contribution in [0.15, 0.2) is 16.7 Å². The Morgan fingerprint density at radius 3 is 2.94 bits per heavy atom. The van der Waals surface area contributed by atoms with Crippen molar-refractivity contribution in [2.24, 2.45) is 5.92 Å². The molecule has 1 saturated carbocycles. The van der Waals surface area contributed by atoms with Crippen LogP contribution < -0.4 is 5.32 Å². The number of nitrogens with zero attached hydrogens (tertiary/aromatic N) is 1. The van der Waals surface area contributed by atoms with Crippen LogP contribution in [0.5, 0.6) is 0 Å². The molecule has 1 aromatic heterocycles. The Labute approximate surface area is 117 Å². The monoisotopic (exact) mass is 312 g/mol. The zero-order chi connectivity index (χ0) is 13.0. The second-order valence-corrected chi connectivity index (χ2v) is 5.99. The van der Waals surface area contributed by atoms with Crippen LogP contribution in [0, 0.1) is 5.92 Å². The van der Waals surface area contributed by atoms with Gasteiger partial charge in [0.15, 0.2) is 0 Å². The van der Waals surface area contributed by atoms with Gasteiger partial charge in [0.25, 0.3) is 5.91 Å². The number of carbonyl (C=O) groups excluding carboxylic acids is 1. The number of carbonyl (C=O) groups is 1. The van der Waals surface area contributed by atoms with Crippen LogP contribution in [0.3, 0.4) is 0 Å². The Bertz CT molecular complexity index is 410. The Balaban J connectivity index is 1.86. The van der Waals surface area contributed by atoms with E-state index in [4.69, 9.17) is 0 Å². The smallest absolute Gasteiger partial charge is 0.267 e. The Morgan fingerprint density at radius 1 is 1.56 bits per heavy atom. The van der Waals surface area contributed by atoms with Gasteiger partial charge in [-0.25, -0.2) is 0 Å². The maximum absolute atomic E-state index is 12.1. The Hall–Kier alpha value is -0.770. The molecule has 0 aliphatic heterocycles. The Kier molecular flexibility index (Phi) is 4.87. The minimum absolute atomic E-state index is 0.0495. The summed E-state index contributed by atoms with van der Waals surface area (Å²) in [5.74, 6) is 0.896. The summed E-state index contributed by atoms with van der Waals surface area (Å²) in [5.41, 5.74) is 0.761. The summed E-state index contributed by atoms with van der Waals surface area (Å²) in [7, 11) is 0. The third kappa shape index (κ3) is 3.37. The predicted octanol–water partition coefficient (Wildman–Crippen LogP) is 3.58. The van der Waals surface area contributed by atoms with Gasteiger partial charge in [-0.1, -0.05) is 26.2 Å². The molecule has 18 heavy (non-hydrogen) atoms. The van der Waals surface area contributed by atoms with Crippen molar-refractivity contribution in [1.29, 1.82) is 0 Å². The van der Waals surface area contributed by atoms with E-state index in [-0.39, 0.29) is 5.91 Å². The van der Waals surface area contributed by atoms with Crippen molar-refractivity contribution < 1.29 is 4.79 Å². The maximum atomic E-state index is 12.1. The molecule has 0 aromatic carbocycles.